The summed E-state index contributed by atoms with van der Waals surface area (Å²) in [6, 6.07) is 5.75. The Balaban J connectivity index is 1.74. The summed E-state index contributed by atoms with van der Waals surface area (Å²) in [4.78, 5) is 24.4. The van der Waals surface area contributed by atoms with Gasteiger partial charge >= 0.3 is 5.97 Å². The van der Waals surface area contributed by atoms with E-state index in [0.29, 0.717) is 25.9 Å². The first kappa shape index (κ1) is 19.8. The van der Waals surface area contributed by atoms with E-state index in [4.69, 9.17) is 0 Å². The van der Waals surface area contributed by atoms with Crippen LogP contribution in [0.15, 0.2) is 29.2 Å². The molecule has 0 aromatic heterocycles. The van der Waals surface area contributed by atoms with Crippen LogP contribution in [0, 0.1) is 0 Å². The molecular formula is C19H26N2O5S. The number of hydrogen-bond donors (Lipinski definition) is 2. The number of carboxylic acid groups (broad SMARTS) is 1. The molecule has 0 bridgehead atoms. The third kappa shape index (κ3) is 4.16. The molecule has 0 atom stereocenters. The van der Waals surface area contributed by atoms with Gasteiger partial charge in [0.25, 0.3) is 5.91 Å². The molecule has 1 amide bonds. The Kier molecular flexibility index (Phi) is 5.86. The zero-order chi connectivity index (χ0) is 19.5. The van der Waals surface area contributed by atoms with E-state index >= 15 is 0 Å². The van der Waals surface area contributed by atoms with Crippen LogP contribution >= 0.6 is 0 Å². The number of aliphatic carboxylic acids is 1. The Bertz CT molecular complexity index is 792. The summed E-state index contributed by atoms with van der Waals surface area (Å²) in [7, 11) is -3.55. The lowest BCUT2D eigenvalue weighted by Crippen LogP contribution is -2.55. The molecule has 0 unspecified atom stereocenters. The van der Waals surface area contributed by atoms with Gasteiger partial charge in [0, 0.05) is 18.7 Å². The highest BCUT2D eigenvalue weighted by Gasteiger charge is 2.41. The average molecular weight is 394 g/mol. The van der Waals surface area contributed by atoms with E-state index in [-0.39, 0.29) is 10.5 Å². The fraction of sp³-hybridized carbons (Fsp3) is 0.579. The number of carbonyl (C=O) groups excluding carboxylic acids is 1. The number of sulfonamides is 1. The molecule has 27 heavy (non-hydrogen) atoms. The van der Waals surface area contributed by atoms with Crippen molar-refractivity contribution in [2.45, 2.75) is 61.8 Å². The zero-order valence-electron chi connectivity index (χ0n) is 15.3. The Labute approximate surface area is 159 Å². The van der Waals surface area contributed by atoms with Crippen molar-refractivity contribution in [1.82, 2.24) is 9.62 Å². The molecule has 1 saturated heterocycles. The van der Waals surface area contributed by atoms with Crippen molar-refractivity contribution in [3.8, 4) is 0 Å². The smallest absolute Gasteiger partial charge is 0.329 e. The van der Waals surface area contributed by atoms with Crippen LogP contribution in [0.1, 0.15) is 61.7 Å². The molecule has 2 fully saturated rings. The molecule has 7 nitrogen and oxygen atoms in total. The van der Waals surface area contributed by atoms with Crippen molar-refractivity contribution < 1.29 is 23.1 Å². The largest absolute Gasteiger partial charge is 0.480 e. The molecule has 8 heteroatoms. The van der Waals surface area contributed by atoms with Gasteiger partial charge in [-0.15, -0.1) is 0 Å². The number of rotatable bonds is 5. The molecule has 1 aliphatic carbocycles. The Hall–Kier alpha value is -1.93. The van der Waals surface area contributed by atoms with Crippen LogP contribution in [-0.4, -0.2) is 48.3 Å². The number of carbonyl (C=O) groups is 2. The van der Waals surface area contributed by atoms with Crippen LogP contribution in [-0.2, 0) is 14.8 Å². The lowest BCUT2D eigenvalue weighted by Gasteiger charge is -2.34. The third-order valence-electron chi connectivity index (χ3n) is 5.54. The number of benzene rings is 1. The minimum absolute atomic E-state index is 0.159. The van der Waals surface area contributed by atoms with E-state index < -0.39 is 27.4 Å². The van der Waals surface area contributed by atoms with E-state index in [1.165, 1.54) is 28.6 Å². The highest BCUT2D eigenvalue weighted by molar-refractivity contribution is 7.89. The highest BCUT2D eigenvalue weighted by atomic mass is 32.2. The third-order valence-corrected chi connectivity index (χ3v) is 7.45. The Morgan fingerprint density at radius 1 is 0.926 bits per heavy atom. The molecule has 1 aromatic rings. The topological polar surface area (TPSA) is 104 Å². The maximum Gasteiger partial charge on any atom is 0.329 e. The lowest BCUT2D eigenvalue weighted by atomic mass is 9.81. The van der Waals surface area contributed by atoms with E-state index in [1.807, 2.05) is 0 Å². The Morgan fingerprint density at radius 3 is 2.04 bits per heavy atom. The van der Waals surface area contributed by atoms with Crippen LogP contribution < -0.4 is 5.32 Å². The first-order valence-electron chi connectivity index (χ1n) is 9.51. The molecule has 1 aliphatic heterocycles. The summed E-state index contributed by atoms with van der Waals surface area (Å²) in [5, 5.41) is 12.3. The van der Waals surface area contributed by atoms with E-state index in [2.05, 4.69) is 5.32 Å². The molecule has 1 saturated carbocycles. The van der Waals surface area contributed by atoms with Gasteiger partial charge in [-0.05, 0) is 49.9 Å². The molecular weight excluding hydrogens is 368 g/mol. The first-order valence-corrected chi connectivity index (χ1v) is 11.0. The van der Waals surface area contributed by atoms with Gasteiger partial charge in [0.2, 0.25) is 10.0 Å². The van der Waals surface area contributed by atoms with Gasteiger partial charge in [-0.2, -0.15) is 4.31 Å². The summed E-state index contributed by atoms with van der Waals surface area (Å²) in [5.41, 5.74) is -0.966. The monoisotopic (exact) mass is 394 g/mol. The summed E-state index contributed by atoms with van der Waals surface area (Å²) in [6.45, 7) is 1.04. The van der Waals surface area contributed by atoms with Gasteiger partial charge in [-0.1, -0.05) is 25.7 Å². The van der Waals surface area contributed by atoms with E-state index in [9.17, 15) is 23.1 Å². The number of nitrogens with zero attached hydrogens (tertiary/aromatic N) is 1. The van der Waals surface area contributed by atoms with Crippen molar-refractivity contribution in [1.29, 1.82) is 0 Å². The molecule has 148 valence electrons. The summed E-state index contributed by atoms with van der Waals surface area (Å²) in [5.74, 6) is -1.50. The summed E-state index contributed by atoms with van der Waals surface area (Å²) >= 11 is 0. The Morgan fingerprint density at radius 2 is 1.48 bits per heavy atom. The quantitative estimate of drug-likeness (QED) is 0.798. The summed E-state index contributed by atoms with van der Waals surface area (Å²) in [6.07, 6.45) is 6.07. The second-order valence-corrected chi connectivity index (χ2v) is 9.33. The molecule has 1 heterocycles. The van der Waals surface area contributed by atoms with Gasteiger partial charge in [0.15, 0.2) is 0 Å². The average Bonchev–Trinajstić information content (AvgIpc) is 2.69. The number of piperidine rings is 1. The van der Waals surface area contributed by atoms with E-state index in [0.717, 1.165) is 38.5 Å². The van der Waals surface area contributed by atoms with Gasteiger partial charge in [0.1, 0.15) is 5.54 Å². The van der Waals surface area contributed by atoms with Crippen LogP contribution in [0.3, 0.4) is 0 Å². The fourth-order valence-corrected chi connectivity index (χ4v) is 5.39. The standard InChI is InChI=1S/C19H26N2O5S/c22-17(20-19(18(23)24)11-3-1-4-12-19)15-7-9-16(10-8-15)27(25,26)21-13-5-2-6-14-21/h7-10H,1-6,11-14H2,(H,20,22)(H,23,24). The minimum Gasteiger partial charge on any atom is -0.480 e. The molecule has 2 aliphatic rings. The van der Waals surface area contributed by atoms with E-state index in [1.54, 1.807) is 0 Å². The highest BCUT2D eigenvalue weighted by Crippen LogP contribution is 2.29. The van der Waals surface area contributed by atoms with Crippen molar-refractivity contribution in [2.75, 3.05) is 13.1 Å². The van der Waals surface area contributed by atoms with Crippen molar-refractivity contribution >= 4 is 21.9 Å². The maximum absolute atomic E-state index is 12.7. The van der Waals surface area contributed by atoms with Gasteiger partial charge < -0.3 is 10.4 Å². The SMILES string of the molecule is O=C(NC1(C(=O)O)CCCCC1)c1ccc(S(=O)(=O)N2CCCCC2)cc1. The van der Waals surface area contributed by atoms with Crippen LogP contribution in [0.25, 0.3) is 0 Å². The zero-order valence-corrected chi connectivity index (χ0v) is 16.1. The van der Waals surface area contributed by atoms with Crippen LogP contribution in [0.2, 0.25) is 0 Å². The van der Waals surface area contributed by atoms with Crippen molar-refractivity contribution in [3.63, 3.8) is 0 Å². The van der Waals surface area contributed by atoms with Crippen LogP contribution in [0.5, 0.6) is 0 Å². The summed E-state index contributed by atoms with van der Waals surface area (Å²) < 4.78 is 26.8. The second-order valence-electron chi connectivity index (χ2n) is 7.39. The second kappa shape index (κ2) is 7.98. The van der Waals surface area contributed by atoms with Gasteiger partial charge in [0.05, 0.1) is 4.90 Å². The molecule has 1 aromatic carbocycles. The van der Waals surface area contributed by atoms with Crippen molar-refractivity contribution in [3.05, 3.63) is 29.8 Å². The normalized spacial score (nSPS) is 20.7. The van der Waals surface area contributed by atoms with Crippen molar-refractivity contribution in [2.24, 2.45) is 0 Å². The van der Waals surface area contributed by atoms with Gasteiger partial charge in [-0.25, -0.2) is 13.2 Å². The number of hydrogen-bond acceptors (Lipinski definition) is 4. The predicted octanol–water partition coefficient (Wildman–Crippen LogP) is 2.38. The maximum atomic E-state index is 12.7. The van der Waals surface area contributed by atoms with Crippen LogP contribution in [0.4, 0.5) is 0 Å². The molecule has 0 radical (unpaired) electrons. The van der Waals surface area contributed by atoms with Gasteiger partial charge in [-0.3, -0.25) is 4.79 Å². The molecule has 3 rings (SSSR count). The molecule has 0 spiro atoms. The first-order chi connectivity index (χ1) is 12.8. The molecule has 2 N–H and O–H groups in total. The number of carboxylic acids is 1. The lowest BCUT2D eigenvalue weighted by molar-refractivity contribution is -0.145. The number of amides is 1. The fourth-order valence-electron chi connectivity index (χ4n) is 3.87. The minimum atomic E-state index is -3.55. The number of nitrogens with one attached hydrogen (secondary N) is 1. The predicted molar refractivity (Wildman–Crippen MR) is 100.0 cm³/mol.